The lowest BCUT2D eigenvalue weighted by Crippen LogP contribution is -2.53. The number of halogens is 1. The quantitative estimate of drug-likeness (QED) is 0.0280. The van der Waals surface area contributed by atoms with E-state index in [0.29, 0.717) is 40.6 Å². The molecule has 2 aliphatic rings. The first-order valence-corrected chi connectivity index (χ1v) is 25.9. The van der Waals surface area contributed by atoms with E-state index in [2.05, 4.69) is 41.1 Å². The summed E-state index contributed by atoms with van der Waals surface area (Å²) < 4.78 is 15.4. The van der Waals surface area contributed by atoms with Crippen LogP contribution in [0.2, 0.25) is 0 Å². The fraction of sp³-hybridized carbons (Fsp3) is 0.404. The van der Waals surface area contributed by atoms with E-state index in [1.807, 2.05) is 0 Å². The number of piperazine rings is 1. The lowest BCUT2D eigenvalue weighted by molar-refractivity contribution is -0.151. The number of carboxylic acids is 6. The average molecular weight is 1140 g/mol. The number of unbranched alkanes of at least 4 members (excludes halogenated alkanes) is 1. The van der Waals surface area contributed by atoms with E-state index >= 15 is 4.39 Å². The largest absolute Gasteiger partial charge is 0.480 e. The van der Waals surface area contributed by atoms with E-state index in [4.69, 9.17) is 10.2 Å². The van der Waals surface area contributed by atoms with Gasteiger partial charge in [0.05, 0.1) is 36.3 Å². The second kappa shape index (κ2) is 28.1. The highest BCUT2D eigenvalue weighted by Crippen LogP contribution is 2.24. The molecule has 436 valence electrons. The number of carbonyl (C=O) groups excluding carboxylic acids is 2. The zero-order valence-corrected chi connectivity index (χ0v) is 44.1. The zero-order valence-electron chi connectivity index (χ0n) is 44.1. The van der Waals surface area contributed by atoms with Crippen molar-refractivity contribution in [1.82, 2.24) is 55.4 Å². The molecule has 0 bridgehead atoms. The molecule has 2 aliphatic heterocycles. The van der Waals surface area contributed by atoms with Gasteiger partial charge in [0.1, 0.15) is 11.9 Å². The lowest BCUT2D eigenvalue weighted by Gasteiger charge is -2.35. The molecule has 2 aromatic heterocycles. The van der Waals surface area contributed by atoms with E-state index in [9.17, 15) is 63.6 Å². The van der Waals surface area contributed by atoms with Gasteiger partial charge in [-0.2, -0.15) is 20.1 Å². The van der Waals surface area contributed by atoms with Crippen molar-refractivity contribution >= 4 is 82.1 Å². The highest BCUT2D eigenvalue weighted by Gasteiger charge is 2.31. The maximum absolute atomic E-state index is 15.4. The second-order valence-corrected chi connectivity index (χ2v) is 19.5. The first-order chi connectivity index (χ1) is 39.2. The normalized spacial score (nSPS) is 15.9. The van der Waals surface area contributed by atoms with Crippen molar-refractivity contribution in [3.8, 4) is 0 Å². The van der Waals surface area contributed by atoms with Crippen LogP contribution in [0.15, 0.2) is 71.5 Å². The molecule has 3 aromatic carbocycles. The number of anilines is 4. The Morgan fingerprint density at radius 3 is 1.98 bits per heavy atom. The molecule has 2 saturated heterocycles. The molecule has 82 heavy (non-hydrogen) atoms. The zero-order chi connectivity index (χ0) is 59.0. The summed E-state index contributed by atoms with van der Waals surface area (Å²) in [6, 6.07) is 12.6. The fourth-order valence-electron chi connectivity index (χ4n) is 9.50. The minimum absolute atomic E-state index is 0.0729. The minimum atomic E-state index is -2.31. The number of aliphatic carboxylic acids is 6. The molecule has 2 atom stereocenters. The van der Waals surface area contributed by atoms with Crippen molar-refractivity contribution in [3.63, 3.8) is 0 Å². The Balaban J connectivity index is 1.06. The van der Waals surface area contributed by atoms with E-state index in [1.54, 1.807) is 79.5 Å². The van der Waals surface area contributed by atoms with Gasteiger partial charge in [0.2, 0.25) is 23.9 Å². The number of urea groups is 1. The maximum atomic E-state index is 15.4. The highest BCUT2D eigenvalue weighted by atomic mass is 19.1. The smallest absolute Gasteiger partial charge is 0.338 e. The number of fused-ring (bicyclic) bond motifs is 1. The second-order valence-electron chi connectivity index (χ2n) is 19.5. The summed E-state index contributed by atoms with van der Waals surface area (Å²) >= 11 is 0. The molecular formula is C52H61FN14O15. The van der Waals surface area contributed by atoms with Gasteiger partial charge < -0.3 is 61.7 Å². The van der Waals surface area contributed by atoms with Crippen molar-refractivity contribution in [2.75, 3.05) is 101 Å². The summed E-state index contributed by atoms with van der Waals surface area (Å²) in [6.45, 7) is 0.970. The summed E-state index contributed by atoms with van der Waals surface area (Å²) in [4.78, 5) is 131. The van der Waals surface area contributed by atoms with E-state index in [1.165, 1.54) is 17.0 Å². The molecule has 5 aromatic rings. The van der Waals surface area contributed by atoms with Crippen molar-refractivity contribution in [3.05, 3.63) is 105 Å². The van der Waals surface area contributed by atoms with Gasteiger partial charge in [-0.15, -0.1) is 0 Å². The molecule has 0 spiro atoms. The predicted molar refractivity (Wildman–Crippen MR) is 289 cm³/mol. The Bertz CT molecular complexity index is 3200. The number of rotatable bonds is 25. The van der Waals surface area contributed by atoms with Gasteiger partial charge >= 0.3 is 41.8 Å². The maximum Gasteiger partial charge on any atom is 0.338 e. The van der Waals surface area contributed by atoms with Gasteiger partial charge in [-0.05, 0) is 67.1 Å². The van der Waals surface area contributed by atoms with Crippen LogP contribution >= 0.6 is 0 Å². The molecule has 30 heteroatoms. The van der Waals surface area contributed by atoms with Crippen LogP contribution in [0.3, 0.4) is 0 Å². The Morgan fingerprint density at radius 2 is 1.30 bits per heavy atom. The summed E-state index contributed by atoms with van der Waals surface area (Å²) in [5.41, 5.74) is 1.91. The van der Waals surface area contributed by atoms with Crippen LogP contribution < -0.4 is 31.7 Å². The molecular weight excluding hydrogens is 1080 g/mol. The number of hydrogen-bond donors (Lipinski definition) is 11. The van der Waals surface area contributed by atoms with E-state index in [0.717, 1.165) is 5.56 Å². The third-order valence-corrected chi connectivity index (χ3v) is 13.6. The number of carboxylic acid groups (broad SMARTS) is 6. The Labute approximate surface area is 465 Å². The third kappa shape index (κ3) is 17.0. The molecule has 0 aliphatic carbocycles. The molecule has 1 unspecified atom stereocenters. The highest BCUT2D eigenvalue weighted by molar-refractivity contribution is 6.01. The molecule has 11 N–H and O–H groups in total. The van der Waals surface area contributed by atoms with E-state index < -0.39 is 71.7 Å². The number of amides is 3. The van der Waals surface area contributed by atoms with Crippen molar-refractivity contribution < 1.29 is 73.4 Å². The van der Waals surface area contributed by atoms with Crippen LogP contribution in [-0.2, 0) is 41.6 Å². The Hall–Kier alpha value is -9.42. The Kier molecular flexibility index (Phi) is 20.7. The summed E-state index contributed by atoms with van der Waals surface area (Å²) in [6.07, 6.45) is 0.856. The molecule has 29 nitrogen and oxygen atoms in total. The number of H-pyrrole nitrogens is 1. The number of aromatic amines is 1. The van der Waals surface area contributed by atoms with Crippen molar-refractivity contribution in [1.29, 1.82) is 0 Å². The number of nitrogens with one attached hydrogen (secondary N) is 5. The number of benzene rings is 3. The standard InChI is InChI=1S/C52H61FN14O15/c53-37-13-10-31(25-39-34-5-1-2-6-35(34)44(74)62-61-39)24-36(37)45(75)65-19-21-66(22-20-65)51-59-49(54-14-4-3-7-38(46(76)77)56-52(82)57-43(47(78)79)48(80)81)58-50(60-51)55-32-11-8-30(9-12-32)23-33-26-64(28-41(70)71)16-15-63(27-40(68)69)17-18-67(33)29-42(72)73/h1-2,5-6,8-13,24,33,38,43H,3-4,7,14-23,25-29H2,(H,62,74)(H,68,69)(H,70,71)(H,72,73)(H,76,77)(H,78,79)(H,80,81)(H2,56,57,82)(H2,54,55,58,59,60)/t33?,38-/m0/s1. The van der Waals surface area contributed by atoms with Gasteiger partial charge in [0.15, 0.2) is 0 Å². The van der Waals surface area contributed by atoms with Crippen molar-refractivity contribution in [2.45, 2.75) is 50.2 Å². The topological polar surface area (TPSA) is 407 Å². The number of nitrogens with zero attached hydrogens (tertiary/aromatic N) is 9. The molecule has 2 fully saturated rings. The van der Waals surface area contributed by atoms with Crippen LogP contribution in [0.1, 0.15) is 46.4 Å². The molecule has 7 rings (SSSR count). The van der Waals surface area contributed by atoms with Gasteiger partial charge in [-0.1, -0.05) is 36.4 Å². The summed E-state index contributed by atoms with van der Waals surface area (Å²) in [5, 5.41) is 74.7. The van der Waals surface area contributed by atoms with Crippen LogP contribution in [0.4, 0.5) is 32.7 Å². The monoisotopic (exact) mass is 1140 g/mol. The molecule has 4 heterocycles. The number of aromatic nitrogens is 5. The SMILES string of the molecule is O=C(O)CN1CCN(CC(=O)O)CC(Cc2ccc(Nc3nc(NCCCC[C@H](NC(=O)NC(C(=O)O)C(=O)O)C(=O)O)nc(N4CCN(C(=O)c5cc(Cc6n[nH]c(=O)c7ccccc67)ccc5F)CC4)n3)cc2)N(CC(=O)O)CC1. The fourth-order valence-corrected chi connectivity index (χ4v) is 9.50. The van der Waals surface area contributed by atoms with Gasteiger partial charge in [-0.3, -0.25) is 38.7 Å². The van der Waals surface area contributed by atoms with Crippen molar-refractivity contribution in [2.24, 2.45) is 0 Å². The summed E-state index contributed by atoms with van der Waals surface area (Å²) in [5.74, 6) is -9.37. The Morgan fingerprint density at radius 1 is 0.671 bits per heavy atom. The minimum Gasteiger partial charge on any atom is -0.480 e. The predicted octanol–water partition coefficient (Wildman–Crippen LogP) is 0.501. The number of carbonyl (C=O) groups is 8. The van der Waals surface area contributed by atoms with Crippen LogP contribution in [0.25, 0.3) is 10.8 Å². The van der Waals surface area contributed by atoms with Crippen LogP contribution in [0, 0.1) is 5.82 Å². The first kappa shape index (κ1) is 60.2. The molecule has 0 saturated carbocycles. The average Bonchev–Trinajstić information content (AvgIpc) is 3.65. The number of hydrogen-bond acceptors (Lipinski definition) is 19. The molecule has 0 radical (unpaired) electrons. The lowest BCUT2D eigenvalue weighted by atomic mass is 10.0. The van der Waals surface area contributed by atoms with E-state index in [-0.39, 0.29) is 133 Å². The van der Waals surface area contributed by atoms with Gasteiger partial charge in [-0.25, -0.2) is 28.7 Å². The van der Waals surface area contributed by atoms with Crippen LogP contribution in [0.5, 0.6) is 0 Å². The van der Waals surface area contributed by atoms with Gasteiger partial charge in [0, 0.05) is 89.0 Å². The summed E-state index contributed by atoms with van der Waals surface area (Å²) in [7, 11) is 0. The third-order valence-electron chi connectivity index (χ3n) is 13.6. The first-order valence-electron chi connectivity index (χ1n) is 25.9. The van der Waals surface area contributed by atoms with Gasteiger partial charge in [0.25, 0.3) is 11.5 Å². The van der Waals surface area contributed by atoms with Crippen LogP contribution in [-0.4, -0.2) is 226 Å². The molecule has 3 amide bonds.